The molecule has 1 aliphatic rings. The van der Waals surface area contributed by atoms with Crippen molar-refractivity contribution < 1.29 is 9.84 Å². The number of aliphatic hydroxyl groups excluding tert-OH is 1. The minimum atomic E-state index is -0.503. The summed E-state index contributed by atoms with van der Waals surface area (Å²) in [7, 11) is 0. The highest BCUT2D eigenvalue weighted by Gasteiger charge is 2.31. The summed E-state index contributed by atoms with van der Waals surface area (Å²) >= 11 is 0. The summed E-state index contributed by atoms with van der Waals surface area (Å²) in [5.41, 5.74) is 0. The second-order valence-corrected chi connectivity index (χ2v) is 3.49. The first-order valence-electron chi connectivity index (χ1n) is 4.55. The quantitative estimate of drug-likeness (QED) is 0.678. The third-order valence-electron chi connectivity index (χ3n) is 2.60. The minimum absolute atomic E-state index is 0.335. The van der Waals surface area contributed by atoms with Crippen LogP contribution in [-0.4, -0.2) is 18.0 Å². The molecular formula is C9H18O2. The largest absolute Gasteiger partial charge is 0.368 e. The van der Waals surface area contributed by atoms with Crippen molar-refractivity contribution in [2.75, 3.05) is 6.61 Å². The second kappa shape index (κ2) is 4.07. The van der Waals surface area contributed by atoms with Crippen LogP contribution in [0.25, 0.3) is 0 Å². The van der Waals surface area contributed by atoms with Crippen LogP contribution in [0.2, 0.25) is 0 Å². The molecule has 0 saturated carbocycles. The van der Waals surface area contributed by atoms with E-state index in [9.17, 15) is 5.11 Å². The van der Waals surface area contributed by atoms with Crippen molar-refractivity contribution in [2.24, 2.45) is 11.8 Å². The lowest BCUT2D eigenvalue weighted by Gasteiger charge is -2.13. The SMILES string of the molecule is CCCCC1COC(O)C1C. The molecule has 0 aliphatic carbocycles. The van der Waals surface area contributed by atoms with Crippen molar-refractivity contribution in [3.05, 3.63) is 0 Å². The Morgan fingerprint density at radius 2 is 2.27 bits per heavy atom. The van der Waals surface area contributed by atoms with E-state index in [1.54, 1.807) is 0 Å². The first-order chi connectivity index (χ1) is 5.25. The molecule has 3 atom stereocenters. The number of rotatable bonds is 3. The number of unbranched alkanes of at least 4 members (excludes halogenated alkanes) is 1. The average molecular weight is 158 g/mol. The zero-order chi connectivity index (χ0) is 8.27. The van der Waals surface area contributed by atoms with Gasteiger partial charge in [0, 0.05) is 5.92 Å². The number of hydrogen-bond acceptors (Lipinski definition) is 2. The maximum absolute atomic E-state index is 9.25. The van der Waals surface area contributed by atoms with Crippen LogP contribution in [0.4, 0.5) is 0 Å². The lowest BCUT2D eigenvalue weighted by atomic mass is 9.92. The number of ether oxygens (including phenoxy) is 1. The minimum Gasteiger partial charge on any atom is -0.368 e. The standard InChI is InChI=1S/C9H18O2/c1-3-4-5-8-6-11-9(10)7(8)2/h7-10H,3-6H2,1-2H3. The van der Waals surface area contributed by atoms with Crippen molar-refractivity contribution in [3.63, 3.8) is 0 Å². The highest BCUT2D eigenvalue weighted by molar-refractivity contribution is 4.74. The Hall–Kier alpha value is -0.0800. The van der Waals surface area contributed by atoms with E-state index in [1.807, 2.05) is 0 Å². The van der Waals surface area contributed by atoms with Crippen molar-refractivity contribution in [1.29, 1.82) is 0 Å². The van der Waals surface area contributed by atoms with Gasteiger partial charge in [0.25, 0.3) is 0 Å². The van der Waals surface area contributed by atoms with Crippen LogP contribution in [-0.2, 0) is 4.74 Å². The first-order valence-corrected chi connectivity index (χ1v) is 4.55. The van der Waals surface area contributed by atoms with E-state index >= 15 is 0 Å². The van der Waals surface area contributed by atoms with Gasteiger partial charge < -0.3 is 9.84 Å². The highest BCUT2D eigenvalue weighted by Crippen LogP contribution is 2.28. The monoisotopic (exact) mass is 158 g/mol. The third-order valence-corrected chi connectivity index (χ3v) is 2.60. The lowest BCUT2D eigenvalue weighted by molar-refractivity contribution is -0.0787. The molecule has 1 heterocycles. The summed E-state index contributed by atoms with van der Waals surface area (Å²) in [6, 6.07) is 0. The average Bonchev–Trinajstić information content (AvgIpc) is 2.31. The number of hydrogen-bond donors (Lipinski definition) is 1. The maximum atomic E-state index is 9.25. The maximum Gasteiger partial charge on any atom is 0.157 e. The van der Waals surface area contributed by atoms with Gasteiger partial charge in [-0.15, -0.1) is 0 Å². The Kier molecular flexibility index (Phi) is 3.34. The zero-order valence-electron chi connectivity index (χ0n) is 7.42. The van der Waals surface area contributed by atoms with Gasteiger partial charge in [-0.1, -0.05) is 26.7 Å². The van der Waals surface area contributed by atoms with E-state index in [1.165, 1.54) is 19.3 Å². The fourth-order valence-electron chi connectivity index (χ4n) is 1.57. The summed E-state index contributed by atoms with van der Waals surface area (Å²) in [5.74, 6) is 0.923. The molecule has 66 valence electrons. The molecule has 2 heteroatoms. The van der Waals surface area contributed by atoms with Crippen LogP contribution in [0, 0.1) is 11.8 Å². The van der Waals surface area contributed by atoms with E-state index in [4.69, 9.17) is 4.74 Å². The molecule has 1 saturated heterocycles. The molecule has 0 aromatic carbocycles. The lowest BCUT2D eigenvalue weighted by Crippen LogP contribution is -2.16. The van der Waals surface area contributed by atoms with Gasteiger partial charge >= 0.3 is 0 Å². The van der Waals surface area contributed by atoms with Crippen molar-refractivity contribution in [3.8, 4) is 0 Å². The van der Waals surface area contributed by atoms with Crippen LogP contribution in [0.15, 0.2) is 0 Å². The van der Waals surface area contributed by atoms with E-state index in [0.717, 1.165) is 6.61 Å². The van der Waals surface area contributed by atoms with E-state index in [-0.39, 0.29) is 0 Å². The molecular weight excluding hydrogens is 140 g/mol. The van der Waals surface area contributed by atoms with Gasteiger partial charge in [-0.2, -0.15) is 0 Å². The highest BCUT2D eigenvalue weighted by atomic mass is 16.6. The second-order valence-electron chi connectivity index (χ2n) is 3.49. The molecule has 0 spiro atoms. The van der Waals surface area contributed by atoms with Gasteiger partial charge in [0.2, 0.25) is 0 Å². The summed E-state index contributed by atoms with van der Waals surface area (Å²) < 4.78 is 5.13. The molecule has 1 fully saturated rings. The molecule has 2 nitrogen and oxygen atoms in total. The molecule has 3 unspecified atom stereocenters. The van der Waals surface area contributed by atoms with Crippen molar-refractivity contribution >= 4 is 0 Å². The molecule has 11 heavy (non-hydrogen) atoms. The van der Waals surface area contributed by atoms with Gasteiger partial charge in [0.05, 0.1) is 6.61 Å². The zero-order valence-corrected chi connectivity index (χ0v) is 7.42. The summed E-state index contributed by atoms with van der Waals surface area (Å²) in [5, 5.41) is 9.25. The molecule has 0 aromatic heterocycles. The molecule has 0 bridgehead atoms. The van der Waals surface area contributed by atoms with Crippen LogP contribution in [0.1, 0.15) is 33.1 Å². The van der Waals surface area contributed by atoms with E-state index in [0.29, 0.717) is 11.8 Å². The van der Waals surface area contributed by atoms with Gasteiger partial charge in [0.1, 0.15) is 0 Å². The van der Waals surface area contributed by atoms with Crippen LogP contribution in [0.5, 0.6) is 0 Å². The summed E-state index contributed by atoms with van der Waals surface area (Å²) in [6.45, 7) is 5.01. The predicted octanol–water partition coefficient (Wildman–Crippen LogP) is 1.78. The molecule has 0 radical (unpaired) electrons. The van der Waals surface area contributed by atoms with Gasteiger partial charge in [-0.25, -0.2) is 0 Å². The Balaban J connectivity index is 2.24. The first kappa shape index (κ1) is 9.01. The smallest absolute Gasteiger partial charge is 0.157 e. The Morgan fingerprint density at radius 3 is 2.73 bits per heavy atom. The fourth-order valence-corrected chi connectivity index (χ4v) is 1.57. The van der Waals surface area contributed by atoms with Gasteiger partial charge in [-0.05, 0) is 12.3 Å². The Morgan fingerprint density at radius 1 is 1.55 bits per heavy atom. The summed E-state index contributed by atoms with van der Waals surface area (Å²) in [6.07, 6.45) is 3.19. The molecule has 1 rings (SSSR count). The van der Waals surface area contributed by atoms with Crippen LogP contribution >= 0.6 is 0 Å². The normalized spacial score (nSPS) is 37.9. The Labute approximate surface area is 68.6 Å². The predicted molar refractivity (Wildman–Crippen MR) is 44.1 cm³/mol. The van der Waals surface area contributed by atoms with Crippen LogP contribution in [0.3, 0.4) is 0 Å². The molecule has 1 N–H and O–H groups in total. The van der Waals surface area contributed by atoms with Gasteiger partial charge in [-0.3, -0.25) is 0 Å². The topological polar surface area (TPSA) is 29.5 Å². The fraction of sp³-hybridized carbons (Fsp3) is 1.00. The molecule has 0 amide bonds. The molecule has 0 aromatic rings. The van der Waals surface area contributed by atoms with Crippen LogP contribution < -0.4 is 0 Å². The molecule has 1 aliphatic heterocycles. The van der Waals surface area contributed by atoms with E-state index < -0.39 is 6.29 Å². The van der Waals surface area contributed by atoms with Gasteiger partial charge in [0.15, 0.2) is 6.29 Å². The Bertz CT molecular complexity index is 114. The third kappa shape index (κ3) is 2.17. The van der Waals surface area contributed by atoms with Crippen molar-refractivity contribution in [1.82, 2.24) is 0 Å². The summed E-state index contributed by atoms with van der Waals surface area (Å²) in [4.78, 5) is 0. The van der Waals surface area contributed by atoms with Crippen molar-refractivity contribution in [2.45, 2.75) is 39.4 Å². The van der Waals surface area contributed by atoms with E-state index in [2.05, 4.69) is 13.8 Å². The number of aliphatic hydroxyl groups is 1.